The van der Waals surface area contributed by atoms with Gasteiger partial charge in [-0.1, -0.05) is 22.9 Å². The lowest BCUT2D eigenvalue weighted by Gasteiger charge is -2.11. The number of hydrogen-bond donors (Lipinski definition) is 0. The van der Waals surface area contributed by atoms with Gasteiger partial charge in [0.25, 0.3) is 0 Å². The van der Waals surface area contributed by atoms with E-state index in [-0.39, 0.29) is 12.1 Å². The first-order valence-electron chi connectivity index (χ1n) is 3.83. The predicted octanol–water partition coefficient (Wildman–Crippen LogP) is 2.50. The Labute approximate surface area is 76.4 Å². The molecule has 0 fully saturated rings. The average molecular weight is 223 g/mol. The molecule has 0 bridgehead atoms. The summed E-state index contributed by atoms with van der Waals surface area (Å²) in [4.78, 5) is 11.0. The first-order valence-corrected chi connectivity index (χ1v) is 4.75. The number of esters is 1. The van der Waals surface area contributed by atoms with E-state index in [1.165, 1.54) is 6.92 Å². The van der Waals surface area contributed by atoms with E-state index in [1.54, 1.807) is 0 Å². The molecule has 0 saturated carbocycles. The third-order valence-corrected chi connectivity index (χ3v) is 1.80. The van der Waals surface area contributed by atoms with Gasteiger partial charge < -0.3 is 4.74 Å². The second-order valence-corrected chi connectivity index (χ2v) is 4.34. The summed E-state index contributed by atoms with van der Waals surface area (Å²) >= 11 is 3.43. The number of alkyl halides is 1. The molecule has 0 rings (SSSR count). The highest BCUT2D eigenvalue weighted by atomic mass is 79.9. The lowest BCUT2D eigenvalue weighted by molar-refractivity contribution is -0.145. The van der Waals surface area contributed by atoms with Gasteiger partial charge in [0.2, 0.25) is 0 Å². The molecule has 3 heteroatoms. The van der Waals surface area contributed by atoms with E-state index in [4.69, 9.17) is 4.74 Å². The maximum atomic E-state index is 10.5. The van der Waals surface area contributed by atoms with E-state index >= 15 is 0 Å². The Morgan fingerprint density at radius 1 is 1.45 bits per heavy atom. The number of carbonyl (C=O) groups excluding carboxylic acids is 1. The molecule has 0 amide bonds. The third kappa shape index (κ3) is 7.85. The highest BCUT2D eigenvalue weighted by Crippen LogP contribution is 2.10. The molecule has 66 valence electrons. The molecule has 0 aromatic rings. The molecule has 0 aromatic carbocycles. The first-order chi connectivity index (χ1) is 5.02. The van der Waals surface area contributed by atoms with Crippen LogP contribution in [0.3, 0.4) is 0 Å². The van der Waals surface area contributed by atoms with Crippen molar-refractivity contribution in [1.29, 1.82) is 0 Å². The summed E-state index contributed by atoms with van der Waals surface area (Å²) in [6.45, 7) is 5.44. The van der Waals surface area contributed by atoms with Crippen LogP contribution in [0.5, 0.6) is 0 Å². The van der Waals surface area contributed by atoms with Crippen LogP contribution >= 0.6 is 15.9 Å². The Kier molecular flexibility index (Phi) is 5.56. The van der Waals surface area contributed by atoms with E-state index < -0.39 is 0 Å². The number of halogens is 1. The Bertz CT molecular complexity index is 123. The van der Waals surface area contributed by atoms with Gasteiger partial charge >= 0.3 is 5.97 Å². The third-order valence-electron chi connectivity index (χ3n) is 1.34. The van der Waals surface area contributed by atoms with Gasteiger partial charge in [0, 0.05) is 11.8 Å². The van der Waals surface area contributed by atoms with Crippen molar-refractivity contribution in [2.75, 3.05) is 0 Å². The lowest BCUT2D eigenvalue weighted by Crippen LogP contribution is -2.13. The van der Waals surface area contributed by atoms with Crippen LogP contribution in [0.25, 0.3) is 0 Å². The van der Waals surface area contributed by atoms with Gasteiger partial charge in [-0.2, -0.15) is 0 Å². The van der Waals surface area contributed by atoms with Crippen molar-refractivity contribution in [2.24, 2.45) is 0 Å². The SMILES string of the molecule is CC(=O)OC(C)CCC(C)Br. The fraction of sp³-hybridized carbons (Fsp3) is 0.875. The molecule has 0 heterocycles. The molecule has 2 unspecified atom stereocenters. The molecule has 2 nitrogen and oxygen atoms in total. The van der Waals surface area contributed by atoms with Crippen LogP contribution < -0.4 is 0 Å². The number of ether oxygens (including phenoxy) is 1. The molecule has 11 heavy (non-hydrogen) atoms. The predicted molar refractivity (Wildman–Crippen MR) is 48.9 cm³/mol. The molecule has 0 aliphatic heterocycles. The molecule has 0 aromatic heterocycles. The average Bonchev–Trinajstić information content (AvgIpc) is 1.82. The normalized spacial score (nSPS) is 15.6. The summed E-state index contributed by atoms with van der Waals surface area (Å²) in [5.41, 5.74) is 0. The quantitative estimate of drug-likeness (QED) is 0.540. The zero-order valence-electron chi connectivity index (χ0n) is 7.26. The minimum atomic E-state index is -0.195. The van der Waals surface area contributed by atoms with Gasteiger partial charge in [-0.3, -0.25) is 4.79 Å². The van der Waals surface area contributed by atoms with Crippen molar-refractivity contribution in [3.63, 3.8) is 0 Å². The van der Waals surface area contributed by atoms with Crippen molar-refractivity contribution in [1.82, 2.24) is 0 Å². The van der Waals surface area contributed by atoms with Gasteiger partial charge in [-0.15, -0.1) is 0 Å². The molecule has 0 spiro atoms. The maximum Gasteiger partial charge on any atom is 0.302 e. The summed E-state index contributed by atoms with van der Waals surface area (Å²) in [5.74, 6) is -0.195. The number of carbonyl (C=O) groups is 1. The van der Waals surface area contributed by atoms with E-state index in [9.17, 15) is 4.79 Å². The van der Waals surface area contributed by atoms with Gasteiger partial charge in [0.05, 0.1) is 6.10 Å². The molecule has 0 aliphatic carbocycles. The monoisotopic (exact) mass is 222 g/mol. The zero-order valence-corrected chi connectivity index (χ0v) is 8.85. The van der Waals surface area contributed by atoms with Crippen molar-refractivity contribution >= 4 is 21.9 Å². The van der Waals surface area contributed by atoms with Crippen LogP contribution in [0.15, 0.2) is 0 Å². The Balaban J connectivity index is 3.37. The van der Waals surface area contributed by atoms with E-state index in [0.717, 1.165) is 12.8 Å². The molecule has 0 saturated heterocycles. The van der Waals surface area contributed by atoms with Crippen molar-refractivity contribution in [2.45, 2.75) is 44.5 Å². The number of rotatable bonds is 4. The highest BCUT2D eigenvalue weighted by molar-refractivity contribution is 9.09. The van der Waals surface area contributed by atoms with Gasteiger partial charge in [-0.05, 0) is 19.8 Å². The summed E-state index contributed by atoms with van der Waals surface area (Å²) in [5, 5.41) is 0. The van der Waals surface area contributed by atoms with E-state index in [2.05, 4.69) is 22.9 Å². The fourth-order valence-corrected chi connectivity index (χ4v) is 1.07. The van der Waals surface area contributed by atoms with Gasteiger partial charge in [0.15, 0.2) is 0 Å². The van der Waals surface area contributed by atoms with Crippen LogP contribution in [-0.2, 0) is 9.53 Å². The van der Waals surface area contributed by atoms with Crippen molar-refractivity contribution in [3.8, 4) is 0 Å². The molecule has 0 radical (unpaired) electrons. The van der Waals surface area contributed by atoms with Gasteiger partial charge in [0.1, 0.15) is 0 Å². The topological polar surface area (TPSA) is 26.3 Å². The maximum absolute atomic E-state index is 10.5. The van der Waals surface area contributed by atoms with Crippen LogP contribution in [-0.4, -0.2) is 16.9 Å². The minimum Gasteiger partial charge on any atom is -0.463 e. The molecule has 2 atom stereocenters. The molecular weight excluding hydrogens is 208 g/mol. The van der Waals surface area contributed by atoms with Crippen LogP contribution in [0.1, 0.15) is 33.6 Å². The van der Waals surface area contributed by atoms with Crippen LogP contribution in [0.2, 0.25) is 0 Å². The standard InChI is InChI=1S/C8H15BrO2/c1-6(9)4-5-7(2)11-8(3)10/h6-7H,4-5H2,1-3H3. The van der Waals surface area contributed by atoms with Gasteiger partial charge in [-0.25, -0.2) is 0 Å². The Morgan fingerprint density at radius 3 is 2.36 bits per heavy atom. The second kappa shape index (κ2) is 5.58. The smallest absolute Gasteiger partial charge is 0.302 e. The number of hydrogen-bond acceptors (Lipinski definition) is 2. The first kappa shape index (κ1) is 11.0. The van der Waals surface area contributed by atoms with E-state index in [1.807, 2.05) is 6.92 Å². The van der Waals surface area contributed by atoms with Crippen molar-refractivity contribution < 1.29 is 9.53 Å². The molecule has 0 N–H and O–H groups in total. The molecular formula is C8H15BrO2. The fourth-order valence-electron chi connectivity index (χ4n) is 0.807. The van der Waals surface area contributed by atoms with Crippen molar-refractivity contribution in [3.05, 3.63) is 0 Å². The lowest BCUT2D eigenvalue weighted by atomic mass is 10.2. The van der Waals surface area contributed by atoms with Crippen LogP contribution in [0, 0.1) is 0 Å². The Hall–Kier alpha value is -0.0500. The second-order valence-electron chi connectivity index (χ2n) is 2.78. The zero-order chi connectivity index (χ0) is 8.85. The highest BCUT2D eigenvalue weighted by Gasteiger charge is 2.06. The summed E-state index contributed by atoms with van der Waals surface area (Å²) in [7, 11) is 0. The summed E-state index contributed by atoms with van der Waals surface area (Å²) in [6.07, 6.45) is 2.01. The minimum absolute atomic E-state index is 0.0486. The largest absolute Gasteiger partial charge is 0.463 e. The summed E-state index contributed by atoms with van der Waals surface area (Å²) < 4.78 is 4.94. The van der Waals surface area contributed by atoms with Crippen LogP contribution in [0.4, 0.5) is 0 Å². The Morgan fingerprint density at radius 2 is 2.00 bits per heavy atom. The summed E-state index contributed by atoms with van der Waals surface area (Å²) in [6, 6.07) is 0. The van der Waals surface area contributed by atoms with E-state index in [0.29, 0.717) is 4.83 Å². The molecule has 0 aliphatic rings.